The molecule has 0 spiro atoms. The lowest BCUT2D eigenvalue weighted by Crippen LogP contribution is -2.30. The second kappa shape index (κ2) is 7.77. The second-order valence-corrected chi connectivity index (χ2v) is 7.84. The molecule has 0 fully saturated rings. The SMILES string of the molecule is C/C(=N\N(C)c1ccccc1Cl)c1cc(C)ccc1NS(=O)(=O)C(F)(F)F. The highest BCUT2D eigenvalue weighted by Gasteiger charge is 2.46. The van der Waals surface area contributed by atoms with Crippen molar-refractivity contribution in [3.8, 4) is 0 Å². The predicted octanol–water partition coefficient (Wildman–Crippen LogP) is 4.77. The molecule has 2 aromatic rings. The van der Waals surface area contributed by atoms with Crippen LogP contribution in [-0.4, -0.2) is 26.7 Å². The van der Waals surface area contributed by atoms with Gasteiger partial charge in [-0.1, -0.05) is 35.4 Å². The van der Waals surface area contributed by atoms with Crippen LogP contribution in [0.2, 0.25) is 5.02 Å². The molecule has 2 aromatic carbocycles. The van der Waals surface area contributed by atoms with Gasteiger partial charge in [-0.3, -0.25) is 9.73 Å². The predicted molar refractivity (Wildman–Crippen MR) is 102 cm³/mol. The molecule has 0 aliphatic carbocycles. The lowest BCUT2D eigenvalue weighted by atomic mass is 10.1. The maximum atomic E-state index is 12.7. The number of nitrogens with one attached hydrogen (secondary N) is 1. The molecular formula is C17H17ClF3N3O2S. The molecule has 10 heteroatoms. The van der Waals surface area contributed by atoms with Crippen LogP contribution in [-0.2, 0) is 10.0 Å². The molecule has 0 radical (unpaired) electrons. The molecule has 2 rings (SSSR count). The number of rotatable bonds is 5. The van der Waals surface area contributed by atoms with Crippen molar-refractivity contribution < 1.29 is 21.6 Å². The molecular weight excluding hydrogens is 403 g/mol. The second-order valence-electron chi connectivity index (χ2n) is 5.76. The summed E-state index contributed by atoms with van der Waals surface area (Å²) in [5, 5.41) is 6.23. The summed E-state index contributed by atoms with van der Waals surface area (Å²) in [6.45, 7) is 3.30. The van der Waals surface area contributed by atoms with Crippen LogP contribution in [0.5, 0.6) is 0 Å². The molecule has 146 valence electrons. The van der Waals surface area contributed by atoms with Crippen molar-refractivity contribution in [3.05, 3.63) is 58.6 Å². The Hall–Kier alpha value is -2.26. The van der Waals surface area contributed by atoms with Crippen LogP contribution < -0.4 is 9.73 Å². The smallest absolute Gasteiger partial charge is 0.275 e. The van der Waals surface area contributed by atoms with Gasteiger partial charge in [0, 0.05) is 12.6 Å². The normalized spacial score (nSPS) is 12.8. The minimum absolute atomic E-state index is 0.216. The summed E-state index contributed by atoms with van der Waals surface area (Å²) in [7, 11) is -3.92. The Morgan fingerprint density at radius 2 is 1.81 bits per heavy atom. The highest BCUT2D eigenvalue weighted by molar-refractivity contribution is 7.93. The van der Waals surface area contributed by atoms with E-state index in [4.69, 9.17) is 11.6 Å². The number of benzene rings is 2. The number of sulfonamides is 1. The first-order valence-corrected chi connectivity index (χ1v) is 9.52. The van der Waals surface area contributed by atoms with Crippen molar-refractivity contribution in [2.75, 3.05) is 16.8 Å². The summed E-state index contributed by atoms with van der Waals surface area (Å²) in [4.78, 5) is 0. The molecule has 0 bridgehead atoms. The molecule has 0 saturated carbocycles. The van der Waals surface area contributed by atoms with Crippen LogP contribution >= 0.6 is 11.6 Å². The van der Waals surface area contributed by atoms with Crippen molar-refractivity contribution in [3.63, 3.8) is 0 Å². The number of halogens is 4. The zero-order valence-electron chi connectivity index (χ0n) is 14.7. The Morgan fingerprint density at radius 3 is 2.41 bits per heavy atom. The average Bonchev–Trinajstić information content (AvgIpc) is 2.55. The fourth-order valence-electron chi connectivity index (χ4n) is 2.30. The van der Waals surface area contributed by atoms with Crippen molar-refractivity contribution >= 4 is 38.7 Å². The van der Waals surface area contributed by atoms with Crippen molar-refractivity contribution in [2.24, 2.45) is 5.10 Å². The van der Waals surface area contributed by atoms with Crippen LogP contribution in [0.25, 0.3) is 0 Å². The van der Waals surface area contributed by atoms with Gasteiger partial charge in [-0.15, -0.1) is 0 Å². The van der Waals surface area contributed by atoms with Gasteiger partial charge in [-0.05, 0) is 38.1 Å². The zero-order valence-corrected chi connectivity index (χ0v) is 16.2. The van der Waals surface area contributed by atoms with Crippen LogP contribution in [0.1, 0.15) is 18.1 Å². The molecule has 0 aliphatic heterocycles. The van der Waals surface area contributed by atoms with E-state index in [1.165, 1.54) is 17.1 Å². The maximum absolute atomic E-state index is 12.7. The van der Waals surface area contributed by atoms with E-state index in [9.17, 15) is 21.6 Å². The summed E-state index contributed by atoms with van der Waals surface area (Å²) in [6.07, 6.45) is 0. The van der Waals surface area contributed by atoms with E-state index in [1.54, 1.807) is 55.9 Å². The van der Waals surface area contributed by atoms with Crippen molar-refractivity contribution in [1.82, 2.24) is 0 Å². The van der Waals surface area contributed by atoms with E-state index in [0.717, 1.165) is 5.56 Å². The molecule has 0 aromatic heterocycles. The van der Waals surface area contributed by atoms with Gasteiger partial charge in [0.2, 0.25) is 0 Å². The Bertz CT molecular complexity index is 976. The van der Waals surface area contributed by atoms with Gasteiger partial charge in [0.25, 0.3) is 0 Å². The van der Waals surface area contributed by atoms with Crippen LogP contribution in [0.3, 0.4) is 0 Å². The zero-order chi connectivity index (χ0) is 20.4. The fourth-order valence-corrected chi connectivity index (χ4v) is 3.14. The topological polar surface area (TPSA) is 61.8 Å². The summed E-state index contributed by atoms with van der Waals surface area (Å²) in [5.41, 5.74) is -3.79. The Morgan fingerprint density at radius 1 is 1.19 bits per heavy atom. The highest BCUT2D eigenvalue weighted by Crippen LogP contribution is 2.29. The monoisotopic (exact) mass is 419 g/mol. The number of nitrogens with zero attached hydrogens (tertiary/aromatic N) is 2. The summed E-state index contributed by atoms with van der Waals surface area (Å²) < 4.78 is 62.6. The number of hydrazone groups is 1. The van der Waals surface area contributed by atoms with Crippen molar-refractivity contribution in [1.29, 1.82) is 0 Å². The first kappa shape index (κ1) is 21.0. The molecule has 0 amide bonds. The Labute approximate surface area is 160 Å². The van der Waals surface area contributed by atoms with Gasteiger partial charge >= 0.3 is 15.5 Å². The summed E-state index contributed by atoms with van der Waals surface area (Å²) >= 11 is 6.11. The Balaban J connectivity index is 2.45. The van der Waals surface area contributed by atoms with Gasteiger partial charge < -0.3 is 0 Å². The molecule has 0 heterocycles. The number of para-hydroxylation sites is 1. The van der Waals surface area contributed by atoms with E-state index in [1.807, 2.05) is 0 Å². The average molecular weight is 420 g/mol. The minimum atomic E-state index is -5.55. The van der Waals surface area contributed by atoms with Crippen LogP contribution in [0.15, 0.2) is 47.6 Å². The summed E-state index contributed by atoms with van der Waals surface area (Å²) in [6, 6.07) is 11.2. The molecule has 0 atom stereocenters. The number of anilines is 2. The summed E-state index contributed by atoms with van der Waals surface area (Å²) in [5.74, 6) is 0. The van der Waals surface area contributed by atoms with Gasteiger partial charge in [0.1, 0.15) is 0 Å². The van der Waals surface area contributed by atoms with E-state index < -0.39 is 15.5 Å². The Kier molecular flexibility index (Phi) is 6.06. The maximum Gasteiger partial charge on any atom is 0.516 e. The third-order valence-electron chi connectivity index (χ3n) is 3.61. The van der Waals surface area contributed by atoms with Gasteiger partial charge in [-0.2, -0.15) is 26.7 Å². The van der Waals surface area contributed by atoms with E-state index >= 15 is 0 Å². The van der Waals surface area contributed by atoms with Crippen LogP contribution in [0, 0.1) is 6.92 Å². The molecule has 0 saturated heterocycles. The quantitative estimate of drug-likeness (QED) is 0.561. The lowest BCUT2D eigenvalue weighted by Gasteiger charge is -2.18. The largest absolute Gasteiger partial charge is 0.516 e. The highest BCUT2D eigenvalue weighted by atomic mass is 35.5. The number of hydrogen-bond acceptors (Lipinski definition) is 4. The van der Waals surface area contributed by atoms with E-state index in [0.29, 0.717) is 16.4 Å². The van der Waals surface area contributed by atoms with Crippen LogP contribution in [0.4, 0.5) is 24.5 Å². The first-order valence-electron chi connectivity index (χ1n) is 7.66. The molecule has 5 nitrogen and oxygen atoms in total. The lowest BCUT2D eigenvalue weighted by molar-refractivity contribution is -0.0429. The van der Waals surface area contributed by atoms with Gasteiger partial charge in [-0.25, -0.2) is 0 Å². The van der Waals surface area contributed by atoms with E-state index in [-0.39, 0.29) is 11.3 Å². The number of hydrogen-bond donors (Lipinski definition) is 1. The molecule has 27 heavy (non-hydrogen) atoms. The van der Waals surface area contributed by atoms with E-state index in [2.05, 4.69) is 5.10 Å². The molecule has 1 N–H and O–H groups in total. The first-order chi connectivity index (χ1) is 12.4. The van der Waals surface area contributed by atoms with Gasteiger partial charge in [0.05, 0.1) is 22.1 Å². The third-order valence-corrected chi connectivity index (χ3v) is 5.03. The molecule has 0 unspecified atom stereocenters. The standard InChI is InChI=1S/C17H17ClF3N3O2S/c1-11-8-9-15(23-27(25,26)17(19,20)21)13(10-11)12(2)22-24(3)16-7-5-4-6-14(16)18/h4-10,23H,1-3H3/b22-12+. The molecule has 0 aliphatic rings. The fraction of sp³-hybridized carbons (Fsp3) is 0.235. The van der Waals surface area contributed by atoms with Crippen molar-refractivity contribution in [2.45, 2.75) is 19.4 Å². The number of alkyl halides is 3. The van der Waals surface area contributed by atoms with Gasteiger partial charge in [0.15, 0.2) is 0 Å². The minimum Gasteiger partial charge on any atom is -0.275 e. The number of aryl methyl sites for hydroxylation is 1. The third kappa shape index (κ3) is 4.92.